The van der Waals surface area contributed by atoms with Crippen molar-refractivity contribution < 1.29 is 13.9 Å². The Balaban J connectivity index is 2.06. The maximum atomic E-state index is 14.0. The minimum absolute atomic E-state index is 0.178. The van der Waals surface area contributed by atoms with E-state index >= 15 is 0 Å². The van der Waals surface area contributed by atoms with Crippen molar-refractivity contribution >= 4 is 15.9 Å². The fourth-order valence-corrected chi connectivity index (χ4v) is 2.58. The molecule has 1 aliphatic heterocycles. The summed E-state index contributed by atoms with van der Waals surface area (Å²) < 4.78 is 24.6. The number of halogens is 2. The lowest BCUT2D eigenvalue weighted by atomic mass is 10.1. The summed E-state index contributed by atoms with van der Waals surface area (Å²) in [4.78, 5) is 2.25. The van der Waals surface area contributed by atoms with Crippen LogP contribution in [-0.4, -0.2) is 42.6 Å². The van der Waals surface area contributed by atoms with Crippen LogP contribution in [0.25, 0.3) is 0 Å². The van der Waals surface area contributed by atoms with E-state index < -0.39 is 0 Å². The summed E-state index contributed by atoms with van der Waals surface area (Å²) in [5, 5.41) is 0.807. The first-order valence-electron chi connectivity index (χ1n) is 6.38. The Morgan fingerprint density at radius 1 is 1.53 bits per heavy atom. The van der Waals surface area contributed by atoms with Crippen LogP contribution in [0.5, 0.6) is 5.75 Å². The maximum absolute atomic E-state index is 14.0. The molecule has 0 spiro atoms. The van der Waals surface area contributed by atoms with Crippen molar-refractivity contribution in [3.63, 3.8) is 0 Å². The van der Waals surface area contributed by atoms with Gasteiger partial charge < -0.3 is 9.47 Å². The molecule has 3 nitrogen and oxygen atoms in total. The molecule has 2 unspecified atom stereocenters. The Morgan fingerprint density at radius 2 is 2.32 bits per heavy atom. The van der Waals surface area contributed by atoms with E-state index in [1.807, 2.05) is 0 Å². The molecule has 0 N–H and O–H groups in total. The van der Waals surface area contributed by atoms with Gasteiger partial charge in [-0.3, -0.25) is 4.90 Å². The number of benzene rings is 1. The maximum Gasteiger partial charge on any atom is 0.131 e. The molecule has 1 saturated heterocycles. The summed E-state index contributed by atoms with van der Waals surface area (Å²) in [6.45, 7) is 4.21. The molecule has 0 radical (unpaired) electrons. The molecule has 1 aromatic carbocycles. The van der Waals surface area contributed by atoms with Gasteiger partial charge in [-0.2, -0.15) is 0 Å². The van der Waals surface area contributed by atoms with Crippen LogP contribution < -0.4 is 4.74 Å². The lowest BCUT2D eigenvalue weighted by Gasteiger charge is -2.37. The van der Waals surface area contributed by atoms with Gasteiger partial charge >= 0.3 is 0 Å². The molecular weight excluding hydrogens is 313 g/mol. The zero-order chi connectivity index (χ0) is 13.8. The summed E-state index contributed by atoms with van der Waals surface area (Å²) in [6, 6.07) is 5.32. The van der Waals surface area contributed by atoms with Crippen molar-refractivity contribution in [1.29, 1.82) is 0 Å². The van der Waals surface area contributed by atoms with E-state index in [-0.39, 0.29) is 11.9 Å². The SMILES string of the molecule is COc1ccc(CN2CC(CBr)OCC2C)c(F)c1. The summed E-state index contributed by atoms with van der Waals surface area (Å²) in [5.74, 6) is 0.336. The summed E-state index contributed by atoms with van der Waals surface area (Å²) in [7, 11) is 1.54. The van der Waals surface area contributed by atoms with Crippen LogP contribution in [-0.2, 0) is 11.3 Å². The van der Waals surface area contributed by atoms with Crippen molar-refractivity contribution in [1.82, 2.24) is 4.90 Å². The predicted octanol–water partition coefficient (Wildman–Crippen LogP) is 2.82. The number of rotatable bonds is 4. The average molecular weight is 332 g/mol. The Kier molecular flexibility index (Phi) is 5.19. The lowest BCUT2D eigenvalue weighted by molar-refractivity contribution is -0.0503. The average Bonchev–Trinajstić information content (AvgIpc) is 2.43. The van der Waals surface area contributed by atoms with Crippen LogP contribution in [0.4, 0.5) is 4.39 Å². The quantitative estimate of drug-likeness (QED) is 0.792. The third-order valence-corrected chi connectivity index (χ3v) is 4.16. The van der Waals surface area contributed by atoms with Crippen LogP contribution in [0.15, 0.2) is 18.2 Å². The minimum Gasteiger partial charge on any atom is -0.497 e. The van der Waals surface area contributed by atoms with Gasteiger partial charge in [0.1, 0.15) is 11.6 Å². The first-order chi connectivity index (χ1) is 9.13. The minimum atomic E-state index is -0.214. The Hall–Kier alpha value is -0.650. The number of alkyl halides is 1. The highest BCUT2D eigenvalue weighted by Gasteiger charge is 2.26. The topological polar surface area (TPSA) is 21.7 Å². The predicted molar refractivity (Wildman–Crippen MR) is 76.4 cm³/mol. The molecule has 5 heteroatoms. The number of morpholine rings is 1. The van der Waals surface area contributed by atoms with Gasteiger partial charge in [-0.15, -0.1) is 0 Å². The second-order valence-electron chi connectivity index (χ2n) is 4.85. The van der Waals surface area contributed by atoms with Gasteiger partial charge in [0.2, 0.25) is 0 Å². The van der Waals surface area contributed by atoms with Crippen molar-refractivity contribution in [2.45, 2.75) is 25.6 Å². The molecule has 1 aliphatic rings. The Morgan fingerprint density at radius 3 is 2.95 bits per heavy atom. The lowest BCUT2D eigenvalue weighted by Crippen LogP contribution is -2.48. The number of hydrogen-bond acceptors (Lipinski definition) is 3. The van der Waals surface area contributed by atoms with E-state index in [1.165, 1.54) is 6.07 Å². The second kappa shape index (κ2) is 6.68. The van der Waals surface area contributed by atoms with Gasteiger partial charge in [-0.05, 0) is 13.0 Å². The first-order valence-corrected chi connectivity index (χ1v) is 7.50. The zero-order valence-electron chi connectivity index (χ0n) is 11.2. The van der Waals surface area contributed by atoms with Crippen LogP contribution >= 0.6 is 15.9 Å². The Bertz CT molecular complexity index is 430. The van der Waals surface area contributed by atoms with Crippen LogP contribution in [0, 0.1) is 5.82 Å². The number of ether oxygens (including phenoxy) is 2. The van der Waals surface area contributed by atoms with Crippen molar-refractivity contribution in [3.8, 4) is 5.75 Å². The van der Waals surface area contributed by atoms with Gasteiger partial charge in [0.25, 0.3) is 0 Å². The highest BCUT2D eigenvalue weighted by Crippen LogP contribution is 2.21. The molecule has 1 aromatic rings. The van der Waals surface area contributed by atoms with Crippen LogP contribution in [0.2, 0.25) is 0 Å². The van der Waals surface area contributed by atoms with E-state index in [1.54, 1.807) is 19.2 Å². The van der Waals surface area contributed by atoms with E-state index in [9.17, 15) is 4.39 Å². The van der Waals surface area contributed by atoms with Crippen LogP contribution in [0.3, 0.4) is 0 Å². The molecule has 1 fully saturated rings. The molecule has 2 rings (SSSR count). The van der Waals surface area contributed by atoms with Gasteiger partial charge in [-0.1, -0.05) is 22.0 Å². The molecular formula is C14H19BrFNO2. The summed E-state index contributed by atoms with van der Waals surface area (Å²) in [6.07, 6.45) is 0.178. The van der Waals surface area contributed by atoms with E-state index in [4.69, 9.17) is 9.47 Å². The fourth-order valence-electron chi connectivity index (χ4n) is 2.19. The molecule has 0 aromatic heterocycles. The van der Waals surface area contributed by atoms with E-state index in [0.29, 0.717) is 30.5 Å². The highest BCUT2D eigenvalue weighted by atomic mass is 79.9. The van der Waals surface area contributed by atoms with Gasteiger partial charge in [0.15, 0.2) is 0 Å². The van der Waals surface area contributed by atoms with Gasteiger partial charge in [0.05, 0.1) is 19.8 Å². The zero-order valence-corrected chi connectivity index (χ0v) is 12.8. The van der Waals surface area contributed by atoms with Crippen molar-refractivity contribution in [2.75, 3.05) is 25.6 Å². The summed E-state index contributed by atoms with van der Waals surface area (Å²) in [5.41, 5.74) is 0.697. The monoisotopic (exact) mass is 331 g/mol. The Labute approximate surface area is 121 Å². The van der Waals surface area contributed by atoms with Gasteiger partial charge in [-0.25, -0.2) is 4.39 Å². The second-order valence-corrected chi connectivity index (χ2v) is 5.49. The molecule has 19 heavy (non-hydrogen) atoms. The molecule has 2 atom stereocenters. The smallest absolute Gasteiger partial charge is 0.131 e. The third kappa shape index (κ3) is 3.68. The third-order valence-electron chi connectivity index (χ3n) is 3.44. The first kappa shape index (κ1) is 14.8. The highest BCUT2D eigenvalue weighted by molar-refractivity contribution is 9.09. The van der Waals surface area contributed by atoms with E-state index in [0.717, 1.165) is 11.9 Å². The molecule has 0 aliphatic carbocycles. The molecule has 0 amide bonds. The molecule has 0 bridgehead atoms. The number of methoxy groups -OCH3 is 1. The van der Waals surface area contributed by atoms with Gasteiger partial charge in [0, 0.05) is 36.1 Å². The fraction of sp³-hybridized carbons (Fsp3) is 0.571. The number of nitrogens with zero attached hydrogens (tertiary/aromatic N) is 1. The van der Waals surface area contributed by atoms with Crippen molar-refractivity contribution in [2.24, 2.45) is 0 Å². The van der Waals surface area contributed by atoms with Crippen LogP contribution in [0.1, 0.15) is 12.5 Å². The largest absolute Gasteiger partial charge is 0.497 e. The molecule has 1 heterocycles. The molecule has 0 saturated carbocycles. The van der Waals surface area contributed by atoms with Crippen molar-refractivity contribution in [3.05, 3.63) is 29.6 Å². The standard InChI is InChI=1S/C14H19BrFNO2/c1-10-9-19-13(6-15)8-17(10)7-11-3-4-12(18-2)5-14(11)16/h3-5,10,13H,6-9H2,1-2H3. The summed E-state index contributed by atoms with van der Waals surface area (Å²) >= 11 is 3.43. The molecule has 106 valence electrons. The van der Waals surface area contributed by atoms with E-state index in [2.05, 4.69) is 27.8 Å². The normalized spacial score (nSPS) is 24.4. The number of hydrogen-bond donors (Lipinski definition) is 0.